The lowest BCUT2D eigenvalue weighted by molar-refractivity contribution is 0.0959. The Kier molecular flexibility index (Phi) is 5.33. The predicted octanol–water partition coefficient (Wildman–Crippen LogP) is 5.22. The normalized spacial score (nSPS) is 11.9. The van der Waals surface area contributed by atoms with E-state index in [-0.39, 0.29) is 11.3 Å². The minimum atomic E-state index is -0.187. The minimum absolute atomic E-state index is 0.137. The van der Waals surface area contributed by atoms with Crippen LogP contribution in [0.3, 0.4) is 0 Å². The third-order valence-corrected chi connectivity index (χ3v) is 5.45. The fraction of sp³-hybridized carbons (Fsp3) is 0.273. The number of hydrazone groups is 1. The molecule has 0 aliphatic rings. The molecule has 0 fully saturated rings. The molecule has 0 aliphatic carbocycles. The van der Waals surface area contributed by atoms with Gasteiger partial charge in [0.15, 0.2) is 0 Å². The Morgan fingerprint density at radius 2 is 1.85 bits per heavy atom. The van der Waals surface area contributed by atoms with E-state index in [1.807, 2.05) is 11.4 Å². The first-order valence-electron chi connectivity index (χ1n) is 8.94. The van der Waals surface area contributed by atoms with E-state index >= 15 is 0 Å². The van der Waals surface area contributed by atoms with Crippen LogP contribution in [0.2, 0.25) is 0 Å². The highest BCUT2D eigenvalue weighted by molar-refractivity contribution is 7.12. The van der Waals surface area contributed by atoms with Gasteiger partial charge < -0.3 is 4.57 Å². The average Bonchev–Trinajstić information content (AvgIpc) is 3.23. The molecule has 0 unspecified atom stereocenters. The van der Waals surface area contributed by atoms with E-state index in [9.17, 15) is 4.79 Å². The van der Waals surface area contributed by atoms with Crippen molar-refractivity contribution in [2.75, 3.05) is 0 Å². The largest absolute Gasteiger partial charge is 0.318 e. The fourth-order valence-corrected chi connectivity index (χ4v) is 3.66. The molecule has 0 atom stereocenters. The molecule has 0 saturated heterocycles. The second-order valence-corrected chi connectivity index (χ2v) is 8.58. The van der Waals surface area contributed by atoms with Gasteiger partial charge in [0.25, 0.3) is 5.91 Å². The molecule has 140 valence electrons. The molecule has 1 aromatic carbocycles. The maximum absolute atomic E-state index is 12.0. The molecule has 2 heterocycles. The summed E-state index contributed by atoms with van der Waals surface area (Å²) in [7, 11) is 0. The zero-order valence-electron chi connectivity index (χ0n) is 16.4. The number of benzene rings is 1. The first-order valence-corrected chi connectivity index (χ1v) is 9.82. The monoisotopic (exact) mass is 379 g/mol. The van der Waals surface area contributed by atoms with Gasteiger partial charge in [-0.2, -0.15) is 5.10 Å². The third-order valence-electron chi connectivity index (χ3n) is 4.58. The number of nitrogens with one attached hydrogen (secondary N) is 1. The lowest BCUT2D eigenvalue weighted by Crippen LogP contribution is -2.16. The number of hydrogen-bond donors (Lipinski definition) is 1. The number of carbonyl (C=O) groups is 1. The van der Waals surface area contributed by atoms with Crippen LogP contribution in [0.1, 0.15) is 53.0 Å². The van der Waals surface area contributed by atoms with Gasteiger partial charge in [-0.25, -0.2) is 5.43 Å². The number of hydrogen-bond acceptors (Lipinski definition) is 3. The molecule has 27 heavy (non-hydrogen) atoms. The van der Waals surface area contributed by atoms with E-state index in [2.05, 4.69) is 80.0 Å². The van der Waals surface area contributed by atoms with E-state index in [1.54, 1.807) is 12.3 Å². The first kappa shape index (κ1) is 19.1. The zero-order chi connectivity index (χ0) is 19.6. The number of carbonyl (C=O) groups excluding carboxylic acids is 1. The first-order chi connectivity index (χ1) is 12.8. The van der Waals surface area contributed by atoms with Crippen LogP contribution in [-0.4, -0.2) is 16.7 Å². The highest BCUT2D eigenvalue weighted by Gasteiger charge is 2.14. The summed E-state index contributed by atoms with van der Waals surface area (Å²) in [6.07, 6.45) is 1.70. The van der Waals surface area contributed by atoms with Gasteiger partial charge in [-0.05, 0) is 54.5 Å². The number of aryl methyl sites for hydroxylation is 1. The molecule has 0 radical (unpaired) electrons. The van der Waals surface area contributed by atoms with Crippen molar-refractivity contribution >= 4 is 23.5 Å². The molecular formula is C22H25N3OS. The molecule has 5 heteroatoms. The molecule has 1 amide bonds. The summed E-state index contributed by atoms with van der Waals surface area (Å²) in [6.45, 7) is 10.8. The van der Waals surface area contributed by atoms with Crippen molar-refractivity contribution in [2.24, 2.45) is 5.10 Å². The Hall–Kier alpha value is -2.66. The summed E-state index contributed by atoms with van der Waals surface area (Å²) in [6, 6.07) is 14.4. The quantitative estimate of drug-likeness (QED) is 0.490. The van der Waals surface area contributed by atoms with Crippen molar-refractivity contribution in [3.63, 3.8) is 0 Å². The predicted molar refractivity (Wildman–Crippen MR) is 113 cm³/mol. The summed E-state index contributed by atoms with van der Waals surface area (Å²) < 4.78 is 2.20. The highest BCUT2D eigenvalue weighted by Crippen LogP contribution is 2.25. The van der Waals surface area contributed by atoms with Crippen LogP contribution in [0, 0.1) is 13.8 Å². The molecule has 0 aliphatic heterocycles. The summed E-state index contributed by atoms with van der Waals surface area (Å²) in [4.78, 5) is 12.6. The van der Waals surface area contributed by atoms with Crippen molar-refractivity contribution in [2.45, 2.75) is 40.0 Å². The van der Waals surface area contributed by atoms with Crippen LogP contribution >= 0.6 is 11.3 Å². The molecule has 3 aromatic rings. The lowest BCUT2D eigenvalue weighted by atomic mass is 9.87. The van der Waals surface area contributed by atoms with Crippen molar-refractivity contribution in [1.29, 1.82) is 0 Å². The Morgan fingerprint density at radius 1 is 1.15 bits per heavy atom. The van der Waals surface area contributed by atoms with Crippen LogP contribution in [-0.2, 0) is 5.41 Å². The molecule has 0 bridgehead atoms. The number of amides is 1. The minimum Gasteiger partial charge on any atom is -0.318 e. The summed E-state index contributed by atoms with van der Waals surface area (Å²) in [5.74, 6) is -0.187. The maximum Gasteiger partial charge on any atom is 0.281 e. The molecule has 2 aromatic heterocycles. The van der Waals surface area contributed by atoms with E-state index in [4.69, 9.17) is 0 Å². The number of thiophene rings is 1. The molecule has 4 nitrogen and oxygen atoms in total. The smallest absolute Gasteiger partial charge is 0.281 e. The second-order valence-electron chi connectivity index (χ2n) is 7.64. The Balaban J connectivity index is 1.80. The molecular weight excluding hydrogens is 354 g/mol. The van der Waals surface area contributed by atoms with Crippen molar-refractivity contribution in [3.05, 3.63) is 75.2 Å². The molecule has 1 N–H and O–H groups in total. The van der Waals surface area contributed by atoms with Gasteiger partial charge >= 0.3 is 0 Å². The third kappa shape index (κ3) is 4.19. The Labute approximate surface area is 164 Å². The van der Waals surface area contributed by atoms with Crippen molar-refractivity contribution in [3.8, 4) is 5.69 Å². The van der Waals surface area contributed by atoms with Crippen molar-refractivity contribution in [1.82, 2.24) is 9.99 Å². The van der Waals surface area contributed by atoms with Crippen molar-refractivity contribution < 1.29 is 4.79 Å². The summed E-state index contributed by atoms with van der Waals surface area (Å²) in [5.41, 5.74) is 8.36. The van der Waals surface area contributed by atoms with Gasteiger partial charge in [-0.1, -0.05) is 39.0 Å². The lowest BCUT2D eigenvalue weighted by Gasteiger charge is -2.20. The van der Waals surface area contributed by atoms with E-state index in [0.29, 0.717) is 4.88 Å². The van der Waals surface area contributed by atoms with E-state index < -0.39 is 0 Å². The number of aromatic nitrogens is 1. The van der Waals surface area contributed by atoms with Gasteiger partial charge in [0, 0.05) is 22.6 Å². The van der Waals surface area contributed by atoms with Crippen LogP contribution in [0.25, 0.3) is 5.69 Å². The summed E-state index contributed by atoms with van der Waals surface area (Å²) >= 11 is 1.40. The fourth-order valence-electron chi connectivity index (χ4n) is 3.05. The number of rotatable bonds is 4. The molecule has 0 spiro atoms. The maximum atomic E-state index is 12.0. The van der Waals surface area contributed by atoms with Crippen LogP contribution in [0.5, 0.6) is 0 Å². The van der Waals surface area contributed by atoms with Gasteiger partial charge in [0.05, 0.1) is 11.1 Å². The van der Waals surface area contributed by atoms with Crippen LogP contribution < -0.4 is 5.43 Å². The average molecular weight is 380 g/mol. The molecule has 3 rings (SSSR count). The van der Waals surface area contributed by atoms with Gasteiger partial charge in [-0.3, -0.25) is 4.79 Å². The standard InChI is InChI=1S/C22H25N3OS/c1-15-13-17(14-23-24-21(26)20-7-6-12-27-20)16(2)25(15)19-10-8-18(9-11-19)22(3,4)5/h6-14H,1-5H3,(H,24,26). The van der Waals surface area contributed by atoms with Gasteiger partial charge in [0.1, 0.15) is 0 Å². The van der Waals surface area contributed by atoms with Crippen LogP contribution in [0.4, 0.5) is 0 Å². The Morgan fingerprint density at radius 3 is 2.44 bits per heavy atom. The molecule has 0 saturated carbocycles. The van der Waals surface area contributed by atoms with Gasteiger partial charge in [-0.15, -0.1) is 11.3 Å². The number of nitrogens with zero attached hydrogens (tertiary/aromatic N) is 2. The summed E-state index contributed by atoms with van der Waals surface area (Å²) in [5, 5.41) is 5.99. The SMILES string of the molecule is Cc1cc(C=NNC(=O)c2cccs2)c(C)n1-c1ccc(C(C)(C)C)cc1. The topological polar surface area (TPSA) is 46.4 Å². The van der Waals surface area contributed by atoms with Gasteiger partial charge in [0.2, 0.25) is 0 Å². The van der Waals surface area contributed by atoms with Crippen LogP contribution in [0.15, 0.2) is 52.9 Å². The zero-order valence-corrected chi connectivity index (χ0v) is 17.2. The van der Waals surface area contributed by atoms with E-state index in [1.165, 1.54) is 16.9 Å². The van der Waals surface area contributed by atoms with E-state index in [0.717, 1.165) is 22.6 Å². The second kappa shape index (κ2) is 7.53. The highest BCUT2D eigenvalue weighted by atomic mass is 32.1. The Bertz CT molecular complexity index is 958.